The van der Waals surface area contributed by atoms with Crippen molar-refractivity contribution in [1.82, 2.24) is 9.55 Å². The molecule has 0 aliphatic heterocycles. The van der Waals surface area contributed by atoms with Crippen LogP contribution in [0.3, 0.4) is 0 Å². The molecule has 6 heteroatoms. The molecule has 0 unspecified atom stereocenters. The van der Waals surface area contributed by atoms with Gasteiger partial charge in [-0.15, -0.1) is 0 Å². The van der Waals surface area contributed by atoms with Crippen molar-refractivity contribution >= 4 is 17.0 Å². The van der Waals surface area contributed by atoms with Gasteiger partial charge in [0.1, 0.15) is 5.82 Å². The number of ether oxygens (including phenoxy) is 1. The summed E-state index contributed by atoms with van der Waals surface area (Å²) in [6.45, 7) is 1.51. The summed E-state index contributed by atoms with van der Waals surface area (Å²) in [5.41, 5.74) is 1.92. The van der Waals surface area contributed by atoms with Gasteiger partial charge in [0.15, 0.2) is 0 Å². The van der Waals surface area contributed by atoms with E-state index in [1.54, 1.807) is 12.1 Å². The Hall–Kier alpha value is -1.92. The minimum Gasteiger partial charge on any atom is -0.478 e. The van der Waals surface area contributed by atoms with Crippen molar-refractivity contribution < 1.29 is 19.7 Å². The van der Waals surface area contributed by atoms with Crippen molar-refractivity contribution in [1.29, 1.82) is 0 Å². The van der Waals surface area contributed by atoms with Crippen LogP contribution in [0, 0.1) is 0 Å². The lowest BCUT2D eigenvalue weighted by Crippen LogP contribution is -2.10. The molecule has 1 aliphatic carbocycles. The van der Waals surface area contributed by atoms with E-state index in [1.165, 1.54) is 0 Å². The summed E-state index contributed by atoms with van der Waals surface area (Å²) in [4.78, 5) is 15.7. The van der Waals surface area contributed by atoms with Crippen molar-refractivity contribution in [2.75, 3.05) is 19.8 Å². The van der Waals surface area contributed by atoms with Gasteiger partial charge >= 0.3 is 5.97 Å². The van der Waals surface area contributed by atoms with Crippen molar-refractivity contribution in [3.63, 3.8) is 0 Å². The Labute approximate surface area is 122 Å². The predicted molar refractivity (Wildman–Crippen MR) is 76.6 cm³/mol. The number of carboxylic acid groups (broad SMARTS) is 1. The average Bonchev–Trinajstić information content (AvgIpc) is 3.25. The first-order chi connectivity index (χ1) is 10.2. The van der Waals surface area contributed by atoms with E-state index in [0.717, 1.165) is 29.7 Å². The topological polar surface area (TPSA) is 84.6 Å². The number of nitrogens with zero attached hydrogens (tertiary/aromatic N) is 2. The second-order valence-corrected chi connectivity index (χ2v) is 5.24. The normalized spacial score (nSPS) is 14.7. The molecule has 3 rings (SSSR count). The van der Waals surface area contributed by atoms with Gasteiger partial charge in [-0.05, 0) is 31.0 Å². The number of hydrogen-bond donors (Lipinski definition) is 2. The highest BCUT2D eigenvalue weighted by Gasteiger charge is 2.29. The highest BCUT2D eigenvalue weighted by atomic mass is 16.5. The van der Waals surface area contributed by atoms with E-state index < -0.39 is 5.97 Å². The highest BCUT2D eigenvalue weighted by molar-refractivity contribution is 5.92. The third-order valence-electron chi connectivity index (χ3n) is 3.66. The molecule has 0 atom stereocenters. The van der Waals surface area contributed by atoms with E-state index in [4.69, 9.17) is 14.9 Å². The van der Waals surface area contributed by atoms with Crippen LogP contribution >= 0.6 is 0 Å². The fourth-order valence-corrected chi connectivity index (χ4v) is 2.49. The zero-order valence-corrected chi connectivity index (χ0v) is 11.7. The molecule has 1 heterocycles. The van der Waals surface area contributed by atoms with E-state index in [9.17, 15) is 4.79 Å². The third-order valence-corrected chi connectivity index (χ3v) is 3.66. The quantitative estimate of drug-likeness (QED) is 0.757. The Morgan fingerprint density at radius 1 is 1.38 bits per heavy atom. The zero-order chi connectivity index (χ0) is 14.8. The van der Waals surface area contributed by atoms with Gasteiger partial charge in [-0.2, -0.15) is 0 Å². The average molecular weight is 290 g/mol. The van der Waals surface area contributed by atoms with E-state index >= 15 is 0 Å². The SMILES string of the molecule is O=C(O)c1ccc2c(c1)nc(C1CC1)n2CCOCCO. The molecule has 2 aromatic rings. The van der Waals surface area contributed by atoms with Gasteiger partial charge in [0.2, 0.25) is 0 Å². The van der Waals surface area contributed by atoms with Crippen molar-refractivity contribution in [2.45, 2.75) is 25.3 Å². The van der Waals surface area contributed by atoms with Crippen molar-refractivity contribution in [3.05, 3.63) is 29.6 Å². The molecule has 1 aromatic heterocycles. The number of aliphatic hydroxyl groups excluding tert-OH is 1. The second-order valence-electron chi connectivity index (χ2n) is 5.24. The van der Waals surface area contributed by atoms with Crippen LogP contribution in [-0.2, 0) is 11.3 Å². The molecule has 0 radical (unpaired) electrons. The number of carboxylic acids is 1. The van der Waals surface area contributed by atoms with Crippen LogP contribution in [0.15, 0.2) is 18.2 Å². The summed E-state index contributed by atoms with van der Waals surface area (Å²) in [7, 11) is 0. The maximum atomic E-state index is 11.0. The molecule has 6 nitrogen and oxygen atoms in total. The van der Waals surface area contributed by atoms with Gasteiger partial charge in [0, 0.05) is 12.5 Å². The smallest absolute Gasteiger partial charge is 0.335 e. The molecule has 21 heavy (non-hydrogen) atoms. The van der Waals surface area contributed by atoms with Crippen molar-refractivity contribution in [3.8, 4) is 0 Å². The fraction of sp³-hybridized carbons (Fsp3) is 0.467. The first kappa shape index (κ1) is 14.0. The molecule has 1 aliphatic rings. The van der Waals surface area contributed by atoms with Crippen LogP contribution in [0.25, 0.3) is 11.0 Å². The van der Waals surface area contributed by atoms with Crippen LogP contribution in [0.5, 0.6) is 0 Å². The number of hydrogen-bond acceptors (Lipinski definition) is 4. The Morgan fingerprint density at radius 3 is 2.86 bits per heavy atom. The molecule has 0 bridgehead atoms. The number of aromatic carboxylic acids is 1. The summed E-state index contributed by atoms with van der Waals surface area (Å²) in [6, 6.07) is 5.03. The Bertz CT molecular complexity index is 661. The van der Waals surface area contributed by atoms with E-state index in [-0.39, 0.29) is 12.2 Å². The van der Waals surface area contributed by atoms with Gasteiger partial charge < -0.3 is 19.5 Å². The lowest BCUT2D eigenvalue weighted by atomic mass is 10.2. The summed E-state index contributed by atoms with van der Waals surface area (Å²) in [6.07, 6.45) is 2.26. The molecule has 1 saturated carbocycles. The third kappa shape index (κ3) is 2.91. The highest BCUT2D eigenvalue weighted by Crippen LogP contribution is 2.40. The van der Waals surface area contributed by atoms with Crippen molar-refractivity contribution in [2.24, 2.45) is 0 Å². The maximum absolute atomic E-state index is 11.0. The molecule has 0 amide bonds. The molecule has 0 spiro atoms. The molecule has 0 saturated heterocycles. The second kappa shape index (κ2) is 5.83. The van der Waals surface area contributed by atoms with Gasteiger partial charge in [0.05, 0.1) is 36.4 Å². The van der Waals surface area contributed by atoms with Crippen LogP contribution < -0.4 is 0 Å². The van der Waals surface area contributed by atoms with Crippen LogP contribution in [0.4, 0.5) is 0 Å². The summed E-state index contributed by atoms with van der Waals surface area (Å²) >= 11 is 0. The predicted octanol–water partition coefficient (Wildman–Crippen LogP) is 1.62. The Morgan fingerprint density at radius 2 is 2.19 bits per heavy atom. The van der Waals surface area contributed by atoms with Crippen LogP contribution in [-0.4, -0.2) is 45.6 Å². The van der Waals surface area contributed by atoms with E-state index in [0.29, 0.717) is 25.7 Å². The largest absolute Gasteiger partial charge is 0.478 e. The first-order valence-corrected chi connectivity index (χ1v) is 7.13. The molecule has 1 fully saturated rings. The summed E-state index contributed by atoms with van der Waals surface area (Å²) in [5.74, 6) is 0.550. The van der Waals surface area contributed by atoms with E-state index in [2.05, 4.69) is 9.55 Å². The Balaban J connectivity index is 1.91. The lowest BCUT2D eigenvalue weighted by molar-refractivity contribution is 0.0697. The molecule has 112 valence electrons. The fourth-order valence-electron chi connectivity index (χ4n) is 2.49. The van der Waals surface area contributed by atoms with Gasteiger partial charge in [-0.1, -0.05) is 0 Å². The number of imidazole rings is 1. The molecule has 1 aromatic carbocycles. The summed E-state index contributed by atoms with van der Waals surface area (Å²) in [5, 5.41) is 17.8. The lowest BCUT2D eigenvalue weighted by Gasteiger charge is -2.09. The number of aliphatic hydroxyl groups is 1. The molecular formula is C15H18N2O4. The number of aromatic nitrogens is 2. The number of carbonyl (C=O) groups is 1. The van der Waals surface area contributed by atoms with Gasteiger partial charge in [-0.25, -0.2) is 9.78 Å². The minimum absolute atomic E-state index is 0.0160. The number of benzene rings is 1. The minimum atomic E-state index is -0.939. The van der Waals surface area contributed by atoms with Crippen LogP contribution in [0.1, 0.15) is 34.9 Å². The number of rotatable bonds is 7. The Kier molecular flexibility index (Phi) is 3.90. The summed E-state index contributed by atoms with van der Waals surface area (Å²) < 4.78 is 7.44. The number of fused-ring (bicyclic) bond motifs is 1. The van der Waals surface area contributed by atoms with Crippen LogP contribution in [0.2, 0.25) is 0 Å². The van der Waals surface area contributed by atoms with Gasteiger partial charge in [-0.3, -0.25) is 0 Å². The molecule has 2 N–H and O–H groups in total. The van der Waals surface area contributed by atoms with E-state index in [1.807, 2.05) is 6.07 Å². The standard InChI is InChI=1S/C15H18N2O4/c18-6-8-21-7-5-17-13-4-3-11(15(19)20)9-12(13)16-14(17)10-1-2-10/h3-4,9-10,18H,1-2,5-8H2,(H,19,20). The first-order valence-electron chi connectivity index (χ1n) is 7.13. The van der Waals surface area contributed by atoms with Gasteiger partial charge in [0.25, 0.3) is 0 Å². The molecular weight excluding hydrogens is 272 g/mol. The zero-order valence-electron chi connectivity index (χ0n) is 11.7. The maximum Gasteiger partial charge on any atom is 0.335 e. The monoisotopic (exact) mass is 290 g/mol.